The second-order valence-electron chi connectivity index (χ2n) is 6.75. The Morgan fingerprint density at radius 3 is 2.67 bits per heavy atom. The monoisotopic (exact) mass is 434 g/mol. The van der Waals surface area contributed by atoms with Crippen molar-refractivity contribution < 1.29 is 19.1 Å². The zero-order valence-corrected chi connectivity index (χ0v) is 18.1. The number of nitrogens with zero attached hydrogens (tertiary/aromatic N) is 5. The summed E-state index contributed by atoms with van der Waals surface area (Å²) < 4.78 is 12.8. The molecule has 1 heterocycles. The molecule has 1 saturated carbocycles. The fourth-order valence-electron chi connectivity index (χ4n) is 2.70. The molecule has 2 amide bonds. The first-order chi connectivity index (χ1) is 14.5. The van der Waals surface area contributed by atoms with Gasteiger partial charge in [0, 0.05) is 18.8 Å². The van der Waals surface area contributed by atoms with Crippen molar-refractivity contribution in [1.29, 1.82) is 0 Å². The predicted octanol–water partition coefficient (Wildman–Crippen LogP) is 1.99. The first-order valence-corrected chi connectivity index (χ1v) is 10.8. The quantitative estimate of drug-likeness (QED) is 0.535. The van der Waals surface area contributed by atoms with E-state index in [9.17, 15) is 9.59 Å². The van der Waals surface area contributed by atoms with Crippen molar-refractivity contribution in [2.24, 2.45) is 0 Å². The molecular formula is C19H26N6O4S. The third-order valence-corrected chi connectivity index (χ3v) is 5.23. The van der Waals surface area contributed by atoms with Gasteiger partial charge in [-0.15, -0.1) is 5.10 Å². The summed E-state index contributed by atoms with van der Waals surface area (Å²) in [5, 5.41) is 15.0. The van der Waals surface area contributed by atoms with E-state index >= 15 is 0 Å². The Labute approximate surface area is 179 Å². The molecule has 162 valence electrons. The van der Waals surface area contributed by atoms with E-state index in [1.807, 2.05) is 13.8 Å². The van der Waals surface area contributed by atoms with E-state index in [1.165, 1.54) is 16.7 Å². The molecule has 0 spiro atoms. The van der Waals surface area contributed by atoms with Crippen LogP contribution in [0.25, 0.3) is 0 Å². The number of hydrogen-bond donors (Lipinski definition) is 1. The Balaban J connectivity index is 1.50. The smallest absolute Gasteiger partial charge is 0.243 e. The Morgan fingerprint density at radius 2 is 1.97 bits per heavy atom. The molecule has 0 aliphatic heterocycles. The number of tetrazole rings is 1. The number of nitrogens with one attached hydrogen (secondary N) is 1. The maximum atomic E-state index is 12.4. The summed E-state index contributed by atoms with van der Waals surface area (Å²) in [5.74, 6) is 0.864. The van der Waals surface area contributed by atoms with E-state index in [4.69, 9.17) is 9.47 Å². The maximum Gasteiger partial charge on any atom is 0.243 e. The number of thioether (sulfide) groups is 1. The fraction of sp³-hybridized carbons (Fsp3) is 0.526. The molecule has 1 aromatic heterocycles. The Bertz CT molecular complexity index is 886. The molecule has 1 aliphatic rings. The van der Waals surface area contributed by atoms with Crippen LogP contribution in [0.5, 0.6) is 11.5 Å². The molecule has 0 saturated heterocycles. The molecule has 1 N–H and O–H groups in total. The van der Waals surface area contributed by atoms with Crippen LogP contribution in [-0.4, -0.2) is 69.5 Å². The lowest BCUT2D eigenvalue weighted by atomic mass is 10.2. The summed E-state index contributed by atoms with van der Waals surface area (Å²) in [5.41, 5.74) is 0.575. The van der Waals surface area contributed by atoms with Gasteiger partial charge in [-0.2, -0.15) is 0 Å². The van der Waals surface area contributed by atoms with E-state index in [-0.39, 0.29) is 24.1 Å². The van der Waals surface area contributed by atoms with Gasteiger partial charge in [0.05, 0.1) is 31.6 Å². The van der Waals surface area contributed by atoms with Gasteiger partial charge in [-0.05, 0) is 49.2 Å². The van der Waals surface area contributed by atoms with Crippen molar-refractivity contribution >= 4 is 29.3 Å². The number of anilines is 1. The van der Waals surface area contributed by atoms with E-state index in [0.717, 1.165) is 12.8 Å². The lowest BCUT2D eigenvalue weighted by Crippen LogP contribution is -2.36. The first kappa shape index (κ1) is 21.9. The minimum Gasteiger partial charge on any atom is -0.490 e. The Hall–Kier alpha value is -2.82. The summed E-state index contributed by atoms with van der Waals surface area (Å²) >= 11 is 1.28. The standard InChI is InChI=1S/C19H26N6O4S/c1-4-28-15-9-6-13(10-16(15)29-5-2)20-17(26)11-24(3)18(27)12-30-19-21-22-23-25(19)14-7-8-14/h6,9-10,14H,4-5,7-8,11-12H2,1-3H3,(H,20,26). The molecule has 1 aliphatic carbocycles. The Morgan fingerprint density at radius 1 is 1.23 bits per heavy atom. The number of carbonyl (C=O) groups is 2. The van der Waals surface area contributed by atoms with Crippen LogP contribution in [0.3, 0.4) is 0 Å². The van der Waals surface area contributed by atoms with Crippen LogP contribution in [-0.2, 0) is 9.59 Å². The van der Waals surface area contributed by atoms with Crippen LogP contribution in [0, 0.1) is 0 Å². The predicted molar refractivity (Wildman–Crippen MR) is 112 cm³/mol. The van der Waals surface area contributed by atoms with Crippen LogP contribution in [0.1, 0.15) is 32.7 Å². The number of carbonyl (C=O) groups excluding carboxylic acids is 2. The van der Waals surface area contributed by atoms with Crippen LogP contribution < -0.4 is 14.8 Å². The van der Waals surface area contributed by atoms with Crippen LogP contribution in [0.2, 0.25) is 0 Å². The van der Waals surface area contributed by atoms with Gasteiger partial charge in [0.15, 0.2) is 11.5 Å². The normalized spacial score (nSPS) is 13.0. The third-order valence-electron chi connectivity index (χ3n) is 4.31. The van der Waals surface area contributed by atoms with Gasteiger partial charge < -0.3 is 19.7 Å². The largest absolute Gasteiger partial charge is 0.490 e. The number of benzene rings is 1. The summed E-state index contributed by atoms with van der Waals surface area (Å²) in [4.78, 5) is 26.1. The highest BCUT2D eigenvalue weighted by Gasteiger charge is 2.28. The number of rotatable bonds is 11. The first-order valence-electron chi connectivity index (χ1n) is 9.85. The molecular weight excluding hydrogens is 408 g/mol. The lowest BCUT2D eigenvalue weighted by molar-refractivity contribution is -0.131. The van der Waals surface area contributed by atoms with Crippen LogP contribution >= 0.6 is 11.8 Å². The van der Waals surface area contributed by atoms with Gasteiger partial charge in [-0.3, -0.25) is 9.59 Å². The molecule has 0 bridgehead atoms. The topological polar surface area (TPSA) is 111 Å². The van der Waals surface area contributed by atoms with Gasteiger partial charge in [-0.25, -0.2) is 4.68 Å². The number of ether oxygens (including phenoxy) is 2. The van der Waals surface area contributed by atoms with E-state index < -0.39 is 0 Å². The Kier molecular flexibility index (Phi) is 7.50. The molecule has 11 heteroatoms. The summed E-state index contributed by atoms with van der Waals surface area (Å²) in [6, 6.07) is 5.54. The van der Waals surface area contributed by atoms with Crippen molar-refractivity contribution in [2.75, 3.05) is 37.9 Å². The number of aromatic nitrogens is 4. The molecule has 1 fully saturated rings. The van der Waals surface area contributed by atoms with Gasteiger partial charge >= 0.3 is 0 Å². The van der Waals surface area contributed by atoms with Gasteiger partial charge in [0.1, 0.15) is 0 Å². The van der Waals surface area contributed by atoms with Gasteiger partial charge in [-0.1, -0.05) is 11.8 Å². The summed E-state index contributed by atoms with van der Waals surface area (Å²) in [6.07, 6.45) is 2.12. The highest BCUT2D eigenvalue weighted by atomic mass is 32.2. The van der Waals surface area contributed by atoms with Crippen molar-refractivity contribution in [3.05, 3.63) is 18.2 Å². The van der Waals surface area contributed by atoms with Crippen LogP contribution in [0.4, 0.5) is 5.69 Å². The van der Waals surface area contributed by atoms with Crippen molar-refractivity contribution in [3.63, 3.8) is 0 Å². The third kappa shape index (κ3) is 5.85. The second kappa shape index (κ2) is 10.3. The fourth-order valence-corrected chi connectivity index (χ4v) is 3.58. The molecule has 2 aromatic rings. The van der Waals surface area contributed by atoms with Gasteiger partial charge in [0.25, 0.3) is 0 Å². The zero-order chi connectivity index (χ0) is 21.5. The average Bonchev–Trinajstić information content (AvgIpc) is 3.46. The molecule has 0 atom stereocenters. The molecule has 1 aromatic carbocycles. The van der Waals surface area contributed by atoms with Crippen molar-refractivity contribution in [1.82, 2.24) is 25.1 Å². The minimum absolute atomic E-state index is 0.0653. The van der Waals surface area contributed by atoms with Crippen LogP contribution in [0.15, 0.2) is 23.4 Å². The SMILES string of the molecule is CCOc1ccc(NC(=O)CN(C)C(=O)CSc2nnnn2C2CC2)cc1OCC. The number of hydrogen-bond acceptors (Lipinski definition) is 8. The molecule has 3 rings (SSSR count). The minimum atomic E-state index is -0.301. The number of amides is 2. The highest BCUT2D eigenvalue weighted by molar-refractivity contribution is 7.99. The zero-order valence-electron chi connectivity index (χ0n) is 17.3. The van der Waals surface area contributed by atoms with E-state index in [1.54, 1.807) is 29.9 Å². The summed E-state index contributed by atoms with van der Waals surface area (Å²) in [6.45, 7) is 4.70. The lowest BCUT2D eigenvalue weighted by Gasteiger charge is -2.17. The highest BCUT2D eigenvalue weighted by Crippen LogP contribution is 2.36. The van der Waals surface area contributed by atoms with Crippen molar-refractivity contribution in [3.8, 4) is 11.5 Å². The second-order valence-corrected chi connectivity index (χ2v) is 7.69. The summed E-state index contributed by atoms with van der Waals surface area (Å²) in [7, 11) is 1.59. The molecule has 30 heavy (non-hydrogen) atoms. The average molecular weight is 435 g/mol. The van der Waals surface area contributed by atoms with E-state index in [0.29, 0.717) is 41.6 Å². The maximum absolute atomic E-state index is 12.4. The molecule has 10 nitrogen and oxygen atoms in total. The molecule has 0 radical (unpaired) electrons. The van der Waals surface area contributed by atoms with Gasteiger partial charge in [0.2, 0.25) is 17.0 Å². The molecule has 0 unspecified atom stereocenters. The number of likely N-dealkylation sites (N-methyl/N-ethyl adjacent to an activating group) is 1. The van der Waals surface area contributed by atoms with E-state index in [2.05, 4.69) is 20.8 Å². The van der Waals surface area contributed by atoms with Crippen molar-refractivity contribution in [2.45, 2.75) is 37.9 Å².